The summed E-state index contributed by atoms with van der Waals surface area (Å²) in [5.41, 5.74) is 5.15. The monoisotopic (exact) mass is 313 g/mol. The Morgan fingerprint density at radius 2 is 2.00 bits per heavy atom. The third-order valence-corrected chi connectivity index (χ3v) is 3.42. The van der Waals surface area contributed by atoms with Crippen molar-refractivity contribution in [2.24, 2.45) is 5.73 Å². The zero-order valence-corrected chi connectivity index (χ0v) is 12.4. The van der Waals surface area contributed by atoms with Gasteiger partial charge in [-0.1, -0.05) is 0 Å². The number of amides is 2. The largest absolute Gasteiger partial charge is 0.480 e. The average molecular weight is 313 g/mol. The lowest BCUT2D eigenvalue weighted by atomic mass is 10.1. The van der Waals surface area contributed by atoms with Crippen LogP contribution in [0.2, 0.25) is 0 Å². The molecule has 1 atom stereocenters. The number of aliphatic carboxylic acids is 1. The van der Waals surface area contributed by atoms with E-state index in [1.165, 1.54) is 4.90 Å². The van der Waals surface area contributed by atoms with Gasteiger partial charge < -0.3 is 26.4 Å². The van der Waals surface area contributed by atoms with E-state index in [4.69, 9.17) is 16.2 Å². The van der Waals surface area contributed by atoms with Crippen molar-refractivity contribution in [2.45, 2.75) is 38.1 Å². The highest BCUT2D eigenvalue weighted by molar-refractivity contribution is 5.89. The normalized spacial score (nSPS) is 17.1. The van der Waals surface area contributed by atoms with Gasteiger partial charge in [-0.3, -0.25) is 19.8 Å². The Kier molecular flexibility index (Phi) is 7.14. The maximum absolute atomic E-state index is 12.1. The molecule has 1 aliphatic heterocycles. The lowest BCUT2D eigenvalue weighted by Gasteiger charge is -2.23. The molecule has 0 bridgehead atoms. The van der Waals surface area contributed by atoms with Gasteiger partial charge in [0.2, 0.25) is 11.8 Å². The smallest absolute Gasteiger partial charge is 0.322 e. The standard InChI is InChI=1S/C13H23N5O4/c14-13(15)16-6-2-1-5-10(19)18-7-3-4-9(18)12(22)17-8-11(20)21/h9H,1-8H2,(H,17,22)(H,20,21)(H4,14,15,16)/t9-/m0/s1. The van der Waals surface area contributed by atoms with Crippen molar-refractivity contribution in [3.8, 4) is 0 Å². The maximum atomic E-state index is 12.1. The number of unbranched alkanes of at least 4 members (excludes halogenated alkanes) is 1. The Bertz CT molecular complexity index is 440. The molecule has 0 unspecified atom stereocenters. The molecular weight excluding hydrogens is 290 g/mol. The number of carboxylic acid groups (broad SMARTS) is 1. The summed E-state index contributed by atoms with van der Waals surface area (Å²) in [6, 6.07) is -0.567. The van der Waals surface area contributed by atoms with Crippen LogP contribution in [0.25, 0.3) is 0 Å². The Morgan fingerprint density at radius 1 is 1.27 bits per heavy atom. The number of hydrogen-bond donors (Lipinski definition) is 5. The van der Waals surface area contributed by atoms with Gasteiger partial charge in [-0.05, 0) is 25.7 Å². The summed E-state index contributed by atoms with van der Waals surface area (Å²) < 4.78 is 0. The van der Waals surface area contributed by atoms with Gasteiger partial charge in [0.25, 0.3) is 0 Å². The van der Waals surface area contributed by atoms with Crippen LogP contribution in [0.4, 0.5) is 0 Å². The zero-order chi connectivity index (χ0) is 16.5. The van der Waals surface area contributed by atoms with Crippen molar-refractivity contribution in [3.63, 3.8) is 0 Å². The minimum absolute atomic E-state index is 0.0963. The van der Waals surface area contributed by atoms with Crippen LogP contribution in [-0.2, 0) is 14.4 Å². The Morgan fingerprint density at radius 3 is 2.64 bits per heavy atom. The summed E-state index contributed by atoms with van der Waals surface area (Å²) in [6.07, 6.45) is 2.96. The van der Waals surface area contributed by atoms with Gasteiger partial charge in [-0.2, -0.15) is 0 Å². The first-order valence-electron chi connectivity index (χ1n) is 7.28. The summed E-state index contributed by atoms with van der Waals surface area (Å²) in [5, 5.41) is 20.5. The van der Waals surface area contributed by atoms with E-state index in [9.17, 15) is 14.4 Å². The summed E-state index contributed by atoms with van der Waals surface area (Å²) in [4.78, 5) is 36.0. The van der Waals surface area contributed by atoms with Crippen molar-refractivity contribution in [1.82, 2.24) is 15.5 Å². The number of carbonyl (C=O) groups is 3. The molecule has 1 rings (SSSR count). The number of rotatable bonds is 8. The van der Waals surface area contributed by atoms with E-state index >= 15 is 0 Å². The molecule has 2 amide bonds. The molecule has 22 heavy (non-hydrogen) atoms. The topological polar surface area (TPSA) is 149 Å². The molecule has 1 aliphatic rings. The van der Waals surface area contributed by atoms with Crippen LogP contribution in [0.5, 0.6) is 0 Å². The molecule has 1 saturated heterocycles. The van der Waals surface area contributed by atoms with E-state index in [-0.39, 0.29) is 11.9 Å². The summed E-state index contributed by atoms with van der Waals surface area (Å²) in [7, 11) is 0. The molecule has 6 N–H and O–H groups in total. The molecule has 0 aliphatic carbocycles. The first kappa shape index (κ1) is 17.7. The maximum Gasteiger partial charge on any atom is 0.322 e. The second-order valence-corrected chi connectivity index (χ2v) is 5.15. The Labute approximate surface area is 128 Å². The number of hydrogen-bond acceptors (Lipinski definition) is 4. The third-order valence-electron chi connectivity index (χ3n) is 3.42. The van der Waals surface area contributed by atoms with Crippen LogP contribution >= 0.6 is 0 Å². The molecular formula is C13H23N5O4. The molecule has 9 heteroatoms. The number of guanidine groups is 1. The molecule has 1 fully saturated rings. The van der Waals surface area contributed by atoms with Crippen molar-refractivity contribution < 1.29 is 19.5 Å². The zero-order valence-electron chi connectivity index (χ0n) is 12.4. The first-order valence-corrected chi connectivity index (χ1v) is 7.28. The molecule has 124 valence electrons. The molecule has 0 aromatic heterocycles. The second-order valence-electron chi connectivity index (χ2n) is 5.15. The van der Waals surface area contributed by atoms with Crippen LogP contribution < -0.4 is 16.4 Å². The van der Waals surface area contributed by atoms with Gasteiger partial charge in [0.05, 0.1) is 0 Å². The molecule has 1 heterocycles. The lowest BCUT2D eigenvalue weighted by molar-refractivity contribution is -0.141. The number of nitrogens with one attached hydrogen (secondary N) is 3. The fraction of sp³-hybridized carbons (Fsp3) is 0.692. The fourth-order valence-electron chi connectivity index (χ4n) is 2.39. The quantitative estimate of drug-likeness (QED) is 0.217. The summed E-state index contributed by atoms with van der Waals surface area (Å²) in [5.74, 6) is -1.72. The SMILES string of the molecule is N=C(N)NCCCCC(=O)N1CCC[C@H]1C(=O)NCC(=O)O. The van der Waals surface area contributed by atoms with E-state index in [1.54, 1.807) is 0 Å². The van der Waals surface area contributed by atoms with Gasteiger partial charge in [-0.25, -0.2) is 0 Å². The predicted octanol–water partition coefficient (Wildman–Crippen LogP) is -1.17. The highest BCUT2D eigenvalue weighted by Gasteiger charge is 2.33. The molecule has 0 spiro atoms. The molecule has 0 radical (unpaired) electrons. The van der Waals surface area contributed by atoms with Crippen LogP contribution in [0.15, 0.2) is 0 Å². The van der Waals surface area contributed by atoms with Crippen LogP contribution in [-0.4, -0.2) is 59.4 Å². The molecule has 0 saturated carbocycles. The Hall–Kier alpha value is -2.32. The third kappa shape index (κ3) is 5.98. The Balaban J connectivity index is 2.35. The van der Waals surface area contributed by atoms with Crippen LogP contribution in [0.1, 0.15) is 32.1 Å². The minimum atomic E-state index is -1.11. The van der Waals surface area contributed by atoms with Gasteiger partial charge in [-0.15, -0.1) is 0 Å². The van der Waals surface area contributed by atoms with Crippen molar-refractivity contribution in [3.05, 3.63) is 0 Å². The van der Waals surface area contributed by atoms with Crippen molar-refractivity contribution in [2.75, 3.05) is 19.6 Å². The van der Waals surface area contributed by atoms with Gasteiger partial charge in [0.1, 0.15) is 12.6 Å². The van der Waals surface area contributed by atoms with E-state index < -0.39 is 24.5 Å². The number of likely N-dealkylation sites (tertiary alicyclic amines) is 1. The lowest BCUT2D eigenvalue weighted by Crippen LogP contribution is -2.47. The second kappa shape index (κ2) is 8.85. The van der Waals surface area contributed by atoms with E-state index in [0.717, 1.165) is 6.42 Å². The summed E-state index contributed by atoms with van der Waals surface area (Å²) in [6.45, 7) is 0.620. The highest BCUT2D eigenvalue weighted by Crippen LogP contribution is 2.19. The van der Waals surface area contributed by atoms with Crippen molar-refractivity contribution >= 4 is 23.7 Å². The van der Waals surface area contributed by atoms with E-state index in [2.05, 4.69) is 10.6 Å². The number of nitrogens with two attached hydrogens (primary N) is 1. The number of nitrogens with zero attached hydrogens (tertiary/aromatic N) is 1. The summed E-state index contributed by atoms with van der Waals surface area (Å²) >= 11 is 0. The van der Waals surface area contributed by atoms with Gasteiger partial charge in [0.15, 0.2) is 5.96 Å². The first-order chi connectivity index (χ1) is 10.4. The number of carbonyl (C=O) groups excluding carboxylic acids is 2. The number of carboxylic acids is 1. The van der Waals surface area contributed by atoms with Gasteiger partial charge in [0, 0.05) is 19.5 Å². The minimum Gasteiger partial charge on any atom is -0.480 e. The average Bonchev–Trinajstić information content (AvgIpc) is 2.93. The van der Waals surface area contributed by atoms with Gasteiger partial charge >= 0.3 is 5.97 Å². The highest BCUT2D eigenvalue weighted by atomic mass is 16.4. The van der Waals surface area contributed by atoms with E-state index in [1.807, 2.05) is 0 Å². The molecule has 0 aromatic carbocycles. The van der Waals surface area contributed by atoms with Crippen LogP contribution in [0, 0.1) is 5.41 Å². The molecule has 9 nitrogen and oxygen atoms in total. The predicted molar refractivity (Wildman–Crippen MR) is 79.1 cm³/mol. The fourth-order valence-corrected chi connectivity index (χ4v) is 2.39. The van der Waals surface area contributed by atoms with Crippen LogP contribution in [0.3, 0.4) is 0 Å². The van der Waals surface area contributed by atoms with Crippen molar-refractivity contribution in [1.29, 1.82) is 5.41 Å². The van der Waals surface area contributed by atoms with E-state index in [0.29, 0.717) is 38.8 Å². The molecule has 0 aromatic rings.